The van der Waals surface area contributed by atoms with Crippen LogP contribution >= 0.6 is 0 Å². The van der Waals surface area contributed by atoms with Crippen molar-refractivity contribution in [2.75, 3.05) is 31.2 Å². The highest BCUT2D eigenvalue weighted by Gasteiger charge is 2.30. The average Bonchev–Trinajstić information content (AvgIpc) is 2.68. The van der Waals surface area contributed by atoms with Gasteiger partial charge in [0, 0.05) is 19.2 Å². The highest BCUT2D eigenvalue weighted by molar-refractivity contribution is 7.91. The number of nitrogens with zero attached hydrogens (tertiary/aromatic N) is 1. The molecule has 1 N–H and O–H groups in total. The molecule has 1 fully saturated rings. The maximum Gasteiger partial charge on any atom is 0.214 e. The minimum absolute atomic E-state index is 0.301. The molecule has 0 aliphatic carbocycles. The van der Waals surface area contributed by atoms with Gasteiger partial charge in [0.15, 0.2) is 11.1 Å². The molecule has 6 heteroatoms. The number of hydrogen-bond donors (Lipinski definition) is 0. The molecule has 3 aromatic rings. The number of aromatic nitrogens is 1. The van der Waals surface area contributed by atoms with Crippen LogP contribution < -0.4 is 9.88 Å². The van der Waals surface area contributed by atoms with Gasteiger partial charge in [0.25, 0.3) is 0 Å². The number of hydrogen-bond acceptors (Lipinski definition) is 4. The second-order valence-electron chi connectivity index (χ2n) is 6.47. The van der Waals surface area contributed by atoms with E-state index in [1.54, 1.807) is 30.5 Å². The molecule has 1 aromatic heterocycles. The van der Waals surface area contributed by atoms with Crippen molar-refractivity contribution in [2.24, 2.45) is 0 Å². The van der Waals surface area contributed by atoms with Crippen molar-refractivity contribution in [3.05, 3.63) is 60.3 Å². The van der Waals surface area contributed by atoms with Gasteiger partial charge in [-0.15, -0.1) is 0 Å². The summed E-state index contributed by atoms with van der Waals surface area (Å²) in [4.78, 5) is 5.89. The van der Waals surface area contributed by atoms with Gasteiger partial charge in [0.1, 0.15) is 0 Å². The Kier molecular flexibility index (Phi) is 4.38. The standard InChI is InChI=1S/C20H20N2O3S/c1-15-7-8-18-17(13-15)20(22-9-11-25-12-10-22)19(14-21-18)26(23,24)16-5-3-2-4-6-16/h2-8,13-14H,9-12H2,1H3/p+1. The number of nitrogens with one attached hydrogen (secondary N) is 1. The number of morpholine rings is 1. The molecule has 0 saturated carbocycles. The molecule has 0 radical (unpaired) electrons. The van der Waals surface area contributed by atoms with Crippen molar-refractivity contribution in [3.63, 3.8) is 0 Å². The number of aryl methyl sites for hydroxylation is 1. The number of sulfone groups is 1. The van der Waals surface area contributed by atoms with Crippen LogP contribution in [0.4, 0.5) is 5.69 Å². The van der Waals surface area contributed by atoms with Crippen LogP contribution in [0, 0.1) is 6.92 Å². The number of fused-ring (bicyclic) bond motifs is 1. The highest BCUT2D eigenvalue weighted by Crippen LogP contribution is 2.35. The lowest BCUT2D eigenvalue weighted by Crippen LogP contribution is -2.37. The van der Waals surface area contributed by atoms with Crippen LogP contribution in [0.5, 0.6) is 0 Å². The Morgan fingerprint density at radius 3 is 2.50 bits per heavy atom. The third kappa shape index (κ3) is 2.95. The number of anilines is 1. The van der Waals surface area contributed by atoms with Crippen molar-refractivity contribution in [1.29, 1.82) is 0 Å². The first kappa shape index (κ1) is 17.0. The van der Waals surface area contributed by atoms with E-state index in [0.29, 0.717) is 36.1 Å². The molecular formula is C20H21N2O3S+. The fraction of sp³-hybridized carbons (Fsp3) is 0.250. The van der Waals surface area contributed by atoms with Gasteiger partial charge < -0.3 is 9.64 Å². The van der Waals surface area contributed by atoms with Crippen molar-refractivity contribution in [2.45, 2.75) is 16.7 Å². The molecular weight excluding hydrogens is 348 g/mol. The van der Waals surface area contributed by atoms with Crippen LogP contribution in [0.1, 0.15) is 5.56 Å². The third-order valence-electron chi connectivity index (χ3n) is 4.69. The normalized spacial score (nSPS) is 15.3. The van der Waals surface area contributed by atoms with E-state index in [-0.39, 0.29) is 0 Å². The van der Waals surface area contributed by atoms with Gasteiger partial charge in [0.2, 0.25) is 15.4 Å². The molecule has 0 bridgehead atoms. The molecule has 2 heterocycles. The van der Waals surface area contributed by atoms with E-state index in [9.17, 15) is 8.42 Å². The first-order chi connectivity index (χ1) is 12.6. The number of ether oxygens (including phenoxy) is 1. The quantitative estimate of drug-likeness (QED) is 0.712. The fourth-order valence-corrected chi connectivity index (χ4v) is 4.85. The summed E-state index contributed by atoms with van der Waals surface area (Å²) >= 11 is 0. The van der Waals surface area contributed by atoms with Crippen LogP contribution in [-0.4, -0.2) is 34.7 Å². The van der Waals surface area contributed by atoms with Crippen LogP contribution in [0.15, 0.2) is 64.5 Å². The maximum atomic E-state index is 13.3. The maximum absolute atomic E-state index is 13.3. The molecule has 4 rings (SSSR count). The first-order valence-electron chi connectivity index (χ1n) is 8.65. The lowest BCUT2D eigenvalue weighted by atomic mass is 10.1. The molecule has 26 heavy (non-hydrogen) atoms. The molecule has 0 amide bonds. The number of pyridine rings is 1. The number of aromatic amines is 1. The lowest BCUT2D eigenvalue weighted by molar-refractivity contribution is -0.347. The van der Waals surface area contributed by atoms with Crippen molar-refractivity contribution in [1.82, 2.24) is 0 Å². The van der Waals surface area contributed by atoms with Gasteiger partial charge in [-0.3, -0.25) is 0 Å². The number of rotatable bonds is 3. The number of benzene rings is 2. The van der Waals surface area contributed by atoms with Crippen molar-refractivity contribution >= 4 is 26.4 Å². The second-order valence-corrected chi connectivity index (χ2v) is 8.38. The predicted molar refractivity (Wildman–Crippen MR) is 100 cm³/mol. The second kappa shape index (κ2) is 6.70. The zero-order chi connectivity index (χ0) is 18.1. The topological polar surface area (TPSA) is 60.8 Å². The van der Waals surface area contributed by atoms with Gasteiger partial charge in [-0.2, -0.15) is 0 Å². The molecule has 1 aliphatic rings. The average molecular weight is 369 g/mol. The molecule has 2 aromatic carbocycles. The Hall–Kier alpha value is -2.44. The summed E-state index contributed by atoms with van der Waals surface area (Å²) in [6.07, 6.45) is 1.62. The Bertz CT molecular complexity index is 1040. The van der Waals surface area contributed by atoms with E-state index in [1.807, 2.05) is 31.2 Å². The van der Waals surface area contributed by atoms with E-state index >= 15 is 0 Å². The van der Waals surface area contributed by atoms with Crippen LogP contribution in [-0.2, 0) is 14.6 Å². The zero-order valence-electron chi connectivity index (χ0n) is 14.6. The van der Waals surface area contributed by atoms with E-state index in [4.69, 9.17) is 4.74 Å². The Balaban J connectivity index is 2.00. The fourth-order valence-electron chi connectivity index (χ4n) is 3.37. The Morgan fingerprint density at radius 2 is 1.77 bits per heavy atom. The van der Waals surface area contributed by atoms with Crippen LogP contribution in [0.3, 0.4) is 0 Å². The molecule has 1 aliphatic heterocycles. The predicted octanol–water partition coefficient (Wildman–Crippen LogP) is 2.63. The van der Waals surface area contributed by atoms with Crippen LogP contribution in [0.25, 0.3) is 10.9 Å². The Labute approximate surface area is 153 Å². The SMILES string of the molecule is Cc1ccc2[nH+]cc(S(=O)(=O)c3ccccc3)c(N3CCOCC3)c2c1. The van der Waals surface area contributed by atoms with E-state index < -0.39 is 9.84 Å². The van der Waals surface area contributed by atoms with E-state index in [1.165, 1.54) is 0 Å². The summed E-state index contributed by atoms with van der Waals surface area (Å²) in [6.45, 7) is 4.54. The van der Waals surface area contributed by atoms with Gasteiger partial charge in [0.05, 0.1) is 29.2 Å². The summed E-state index contributed by atoms with van der Waals surface area (Å²) in [6, 6.07) is 14.6. The van der Waals surface area contributed by atoms with Gasteiger partial charge >= 0.3 is 0 Å². The molecule has 134 valence electrons. The molecule has 5 nitrogen and oxygen atoms in total. The summed E-state index contributed by atoms with van der Waals surface area (Å²) in [5, 5.41) is 0.920. The minimum Gasteiger partial charge on any atom is -0.378 e. The minimum atomic E-state index is -3.64. The summed E-state index contributed by atoms with van der Waals surface area (Å²) in [5.41, 5.74) is 2.77. The lowest BCUT2D eigenvalue weighted by Gasteiger charge is -2.30. The smallest absolute Gasteiger partial charge is 0.214 e. The largest absolute Gasteiger partial charge is 0.378 e. The van der Waals surface area contributed by atoms with Crippen LogP contribution in [0.2, 0.25) is 0 Å². The third-order valence-corrected chi connectivity index (χ3v) is 6.48. The molecule has 0 atom stereocenters. The Morgan fingerprint density at radius 1 is 1.04 bits per heavy atom. The van der Waals surface area contributed by atoms with Crippen molar-refractivity contribution < 1.29 is 18.1 Å². The summed E-state index contributed by atoms with van der Waals surface area (Å²) in [7, 11) is -3.64. The van der Waals surface area contributed by atoms with E-state index in [0.717, 1.165) is 22.2 Å². The number of H-pyrrole nitrogens is 1. The summed E-state index contributed by atoms with van der Waals surface area (Å²) < 4.78 is 32.2. The van der Waals surface area contributed by atoms with Crippen molar-refractivity contribution in [3.8, 4) is 0 Å². The van der Waals surface area contributed by atoms with Gasteiger partial charge in [-0.05, 0) is 30.7 Å². The van der Waals surface area contributed by atoms with Gasteiger partial charge in [-0.25, -0.2) is 13.4 Å². The molecule has 1 saturated heterocycles. The van der Waals surface area contributed by atoms with Gasteiger partial charge in [-0.1, -0.05) is 24.3 Å². The zero-order valence-corrected chi connectivity index (χ0v) is 15.4. The summed E-state index contributed by atoms with van der Waals surface area (Å²) in [5.74, 6) is 0. The molecule has 0 spiro atoms. The highest BCUT2D eigenvalue weighted by atomic mass is 32.2. The van der Waals surface area contributed by atoms with E-state index in [2.05, 4.69) is 9.88 Å². The monoisotopic (exact) mass is 369 g/mol. The molecule has 0 unspecified atom stereocenters. The first-order valence-corrected chi connectivity index (χ1v) is 10.1.